The van der Waals surface area contributed by atoms with Gasteiger partial charge < -0.3 is 5.11 Å². The molecule has 0 saturated heterocycles. The molecule has 0 bridgehead atoms. The zero-order chi connectivity index (χ0) is 27.9. The molecule has 1 N–H and O–H groups in total. The van der Waals surface area contributed by atoms with Crippen LogP contribution < -0.4 is 0 Å². The van der Waals surface area contributed by atoms with Gasteiger partial charge in [0.1, 0.15) is 0 Å². The monoisotopic (exact) mass is 537 g/mol. The van der Waals surface area contributed by atoms with Crippen LogP contribution in [0.15, 0.2) is 0 Å². The van der Waals surface area contributed by atoms with Crippen LogP contribution in [-0.4, -0.2) is 11.1 Å². The van der Waals surface area contributed by atoms with E-state index in [9.17, 15) is 4.79 Å². The summed E-state index contributed by atoms with van der Waals surface area (Å²) in [5, 5.41) is 9.06. The largest absolute Gasteiger partial charge is 0.481 e. The first kappa shape index (κ1) is 37.5. The van der Waals surface area contributed by atoms with Crippen molar-refractivity contribution in [1.82, 2.24) is 0 Å². The molecule has 0 aromatic carbocycles. The molecule has 2 heteroatoms. The lowest BCUT2D eigenvalue weighted by molar-refractivity contribution is -0.142. The number of hydrogen-bond donors (Lipinski definition) is 1. The second-order valence-corrected chi connectivity index (χ2v) is 12.8. The first-order chi connectivity index (χ1) is 18.6. The molecular weight excluding hydrogens is 464 g/mol. The number of rotatable bonds is 32. The molecule has 0 radical (unpaired) electrons. The summed E-state index contributed by atoms with van der Waals surface area (Å²) in [7, 11) is 0. The summed E-state index contributed by atoms with van der Waals surface area (Å²) >= 11 is 0. The van der Waals surface area contributed by atoms with E-state index in [2.05, 4.69) is 13.8 Å². The fourth-order valence-corrected chi connectivity index (χ4v) is 5.81. The van der Waals surface area contributed by atoms with Crippen molar-refractivity contribution in [3.63, 3.8) is 0 Å². The Hall–Kier alpha value is -0.530. The lowest BCUT2D eigenvalue weighted by Crippen LogP contribution is -2.17. The first-order valence-corrected chi connectivity index (χ1v) is 17.8. The Bertz CT molecular complexity index is 460. The normalized spacial score (nSPS) is 13.1. The van der Waals surface area contributed by atoms with Crippen LogP contribution in [0.2, 0.25) is 0 Å². The second-order valence-electron chi connectivity index (χ2n) is 12.8. The molecule has 0 aromatic rings. The number of hydrogen-bond acceptors (Lipinski definition) is 1. The highest BCUT2D eigenvalue weighted by Crippen LogP contribution is 2.20. The molecule has 228 valence electrons. The van der Waals surface area contributed by atoms with E-state index in [1.54, 1.807) is 0 Å². The molecule has 2 unspecified atom stereocenters. The first-order valence-electron chi connectivity index (χ1n) is 17.8. The van der Waals surface area contributed by atoms with Gasteiger partial charge in [0, 0.05) is 0 Å². The minimum atomic E-state index is -0.645. The molecule has 0 fully saturated rings. The summed E-state index contributed by atoms with van der Waals surface area (Å²) in [6.07, 6.45) is 42.6. The maximum absolute atomic E-state index is 11.0. The maximum Gasteiger partial charge on any atom is 0.306 e. The van der Waals surface area contributed by atoms with Gasteiger partial charge in [0.15, 0.2) is 0 Å². The summed E-state index contributed by atoms with van der Waals surface area (Å²) in [5.41, 5.74) is 0. The molecule has 0 spiro atoms. The second kappa shape index (κ2) is 31.0. The van der Waals surface area contributed by atoms with Gasteiger partial charge in [-0.2, -0.15) is 0 Å². The van der Waals surface area contributed by atoms with E-state index in [4.69, 9.17) is 5.11 Å². The molecule has 38 heavy (non-hydrogen) atoms. The number of unbranched alkanes of at least 4 members (excludes halogenated alkanes) is 28. The Morgan fingerprint density at radius 3 is 0.842 bits per heavy atom. The molecule has 0 aliphatic carbocycles. The third-order valence-electron chi connectivity index (χ3n) is 9.01. The average Bonchev–Trinajstić information content (AvgIpc) is 2.91. The quantitative estimate of drug-likeness (QED) is 0.0868. The van der Waals surface area contributed by atoms with Crippen LogP contribution in [0.25, 0.3) is 0 Å². The molecule has 2 atom stereocenters. The summed E-state index contributed by atoms with van der Waals surface area (Å²) in [6, 6.07) is 0. The van der Waals surface area contributed by atoms with Crippen LogP contribution in [0.1, 0.15) is 213 Å². The Balaban J connectivity index is 3.10. The minimum Gasteiger partial charge on any atom is -0.481 e. The lowest BCUT2D eigenvalue weighted by atomic mass is 9.90. The van der Waals surface area contributed by atoms with E-state index in [1.807, 2.05) is 6.92 Å². The molecule has 0 aliphatic rings. The van der Waals surface area contributed by atoms with E-state index < -0.39 is 5.97 Å². The summed E-state index contributed by atoms with van der Waals surface area (Å²) in [6.45, 7) is 6.23. The van der Waals surface area contributed by atoms with Crippen molar-refractivity contribution in [2.75, 3.05) is 0 Å². The van der Waals surface area contributed by atoms with Crippen molar-refractivity contribution >= 4 is 5.97 Å². The predicted molar refractivity (Wildman–Crippen MR) is 170 cm³/mol. The third kappa shape index (κ3) is 28.5. The van der Waals surface area contributed by atoms with Crippen molar-refractivity contribution < 1.29 is 9.90 Å². The van der Waals surface area contributed by atoms with Crippen LogP contribution in [-0.2, 0) is 4.79 Å². The summed E-state index contributed by atoms with van der Waals surface area (Å²) in [5.74, 6) is -0.539. The van der Waals surface area contributed by atoms with Crippen LogP contribution >= 0.6 is 0 Å². The highest BCUT2D eigenvalue weighted by molar-refractivity contribution is 5.69. The van der Waals surface area contributed by atoms with Gasteiger partial charge >= 0.3 is 5.97 Å². The van der Waals surface area contributed by atoms with Crippen LogP contribution in [0, 0.1) is 11.8 Å². The van der Waals surface area contributed by atoms with Crippen molar-refractivity contribution in [1.29, 1.82) is 0 Å². The predicted octanol–water partition coefficient (Wildman–Crippen LogP) is 13.1. The van der Waals surface area contributed by atoms with Crippen molar-refractivity contribution in [3.05, 3.63) is 0 Å². The van der Waals surface area contributed by atoms with Crippen LogP contribution in [0.5, 0.6) is 0 Å². The van der Waals surface area contributed by atoms with Gasteiger partial charge in [0.2, 0.25) is 0 Å². The maximum atomic E-state index is 11.0. The molecule has 0 heterocycles. The number of carbonyl (C=O) groups is 1. The SMILES string of the molecule is CCCCCCCCCCCCCCCCCCCCCCCCCCCCCCCC(C)C(C)C(=O)O. The van der Waals surface area contributed by atoms with Gasteiger partial charge in [-0.1, -0.05) is 207 Å². The van der Waals surface area contributed by atoms with Crippen molar-refractivity contribution in [2.24, 2.45) is 11.8 Å². The highest BCUT2D eigenvalue weighted by atomic mass is 16.4. The lowest BCUT2D eigenvalue weighted by Gasteiger charge is -2.15. The van der Waals surface area contributed by atoms with Gasteiger partial charge in [0.25, 0.3) is 0 Å². The fourth-order valence-electron chi connectivity index (χ4n) is 5.81. The van der Waals surface area contributed by atoms with Crippen LogP contribution in [0.4, 0.5) is 0 Å². The highest BCUT2D eigenvalue weighted by Gasteiger charge is 2.18. The molecule has 0 rings (SSSR count). The van der Waals surface area contributed by atoms with Gasteiger partial charge in [-0.3, -0.25) is 4.79 Å². The number of aliphatic carboxylic acids is 1. The Labute approximate surface area is 240 Å². The Kier molecular flexibility index (Phi) is 30.6. The fraction of sp³-hybridized carbons (Fsp3) is 0.972. The topological polar surface area (TPSA) is 37.3 Å². The molecule has 0 aliphatic heterocycles. The van der Waals surface area contributed by atoms with Gasteiger partial charge in [-0.15, -0.1) is 0 Å². The van der Waals surface area contributed by atoms with Crippen molar-refractivity contribution in [2.45, 2.75) is 213 Å². The third-order valence-corrected chi connectivity index (χ3v) is 9.01. The van der Waals surface area contributed by atoms with Gasteiger partial charge in [0.05, 0.1) is 5.92 Å². The van der Waals surface area contributed by atoms with Gasteiger partial charge in [-0.25, -0.2) is 0 Å². The van der Waals surface area contributed by atoms with Crippen molar-refractivity contribution in [3.8, 4) is 0 Å². The Morgan fingerprint density at radius 1 is 0.421 bits per heavy atom. The summed E-state index contributed by atoms with van der Waals surface area (Å²) in [4.78, 5) is 11.0. The number of carboxylic acids is 1. The van der Waals surface area contributed by atoms with E-state index in [1.165, 1.54) is 186 Å². The molecular formula is C36H72O2. The van der Waals surface area contributed by atoms with E-state index in [-0.39, 0.29) is 5.92 Å². The van der Waals surface area contributed by atoms with Gasteiger partial charge in [-0.05, 0) is 12.3 Å². The van der Waals surface area contributed by atoms with E-state index >= 15 is 0 Å². The van der Waals surface area contributed by atoms with E-state index in [0.29, 0.717) is 5.92 Å². The number of carboxylic acid groups (broad SMARTS) is 1. The molecule has 0 saturated carbocycles. The molecule has 0 aromatic heterocycles. The zero-order valence-corrected chi connectivity index (χ0v) is 26.7. The van der Waals surface area contributed by atoms with Crippen LogP contribution in [0.3, 0.4) is 0 Å². The Morgan fingerprint density at radius 2 is 0.632 bits per heavy atom. The smallest absolute Gasteiger partial charge is 0.306 e. The summed E-state index contributed by atoms with van der Waals surface area (Å²) < 4.78 is 0. The van der Waals surface area contributed by atoms with E-state index in [0.717, 1.165) is 6.42 Å². The standard InChI is InChI=1S/C36H72O2/c1-4-5-6-7-8-9-10-11-12-13-14-15-16-17-18-19-20-21-22-23-24-25-26-27-28-29-30-31-32-33-34(2)35(3)36(37)38/h34-35H,4-33H2,1-3H3,(H,37,38). The zero-order valence-electron chi connectivity index (χ0n) is 26.7. The average molecular weight is 537 g/mol. The molecule has 2 nitrogen and oxygen atoms in total. The molecule has 0 amide bonds. The minimum absolute atomic E-state index is 0.200.